The zero-order chi connectivity index (χ0) is 87.4. The Hall–Kier alpha value is -12.9. The van der Waals surface area contributed by atoms with Crippen molar-refractivity contribution in [1.29, 1.82) is 0 Å². The first kappa shape index (κ1) is 40.7. The largest absolute Gasteiger partial charge is 0.459 e. The number of aromatic nitrogens is 2. The van der Waals surface area contributed by atoms with Crippen molar-refractivity contribution < 1.29 is 39.6 Å². The van der Waals surface area contributed by atoms with E-state index in [1.54, 1.807) is 9.13 Å². The van der Waals surface area contributed by atoms with Crippen molar-refractivity contribution in [2.75, 3.05) is 27.8 Å². The molecular weight excluding hydrogens is 1280 g/mol. The predicted octanol–water partition coefficient (Wildman–Crippen LogP) is 17.5. The lowest BCUT2D eigenvalue weighted by Crippen LogP contribution is -2.67. The summed E-state index contributed by atoms with van der Waals surface area (Å²) in [5.41, 5.74) is 10.0. The van der Waals surface area contributed by atoms with Gasteiger partial charge in [0.25, 0.3) is 20.1 Å². The lowest BCUT2D eigenvalue weighted by Gasteiger charge is -2.49. The van der Waals surface area contributed by atoms with Crippen LogP contribution in [0.4, 0.5) is 39.8 Å². The highest BCUT2D eigenvalue weighted by Crippen LogP contribution is 2.57. The second kappa shape index (κ2) is 21.8. The maximum atomic E-state index is 10.5. The molecular formula is C95H62B3N5O2. The van der Waals surface area contributed by atoms with E-state index in [1.165, 1.54) is 0 Å². The lowest BCUT2D eigenvalue weighted by molar-refractivity contribution is 0.490. The summed E-state index contributed by atoms with van der Waals surface area (Å²) in [6, 6.07) is 46.1. The van der Waals surface area contributed by atoms with Gasteiger partial charge in [0.05, 0.1) is 52.6 Å². The molecule has 0 amide bonds. The maximum absolute atomic E-state index is 10.5. The number of hydrogen-bond acceptors (Lipinski definition) is 5. The average Bonchev–Trinajstić information content (AvgIpc) is 1.62. The smallest absolute Gasteiger partial charge is 0.261 e. The van der Waals surface area contributed by atoms with Crippen molar-refractivity contribution in [3.63, 3.8) is 0 Å². The van der Waals surface area contributed by atoms with Crippen LogP contribution < -0.4 is 73.3 Å². The second-order valence-corrected chi connectivity index (χ2v) is 27.8. The third kappa shape index (κ3) is 7.87. The molecule has 15 aromatic carbocycles. The van der Waals surface area contributed by atoms with E-state index in [1.807, 2.05) is 170 Å². The van der Waals surface area contributed by atoms with E-state index in [-0.39, 0.29) is 133 Å². The number of para-hydroxylation sites is 8. The van der Waals surface area contributed by atoms with Crippen LogP contribution in [-0.4, -0.2) is 42.4 Å². The highest BCUT2D eigenvalue weighted by Gasteiger charge is 2.55. The Morgan fingerprint density at radius 1 is 0.305 bits per heavy atom. The number of anilines is 7. The van der Waals surface area contributed by atoms with Gasteiger partial charge in [-0.15, -0.1) is 0 Å². The number of fused-ring (bicyclic) bond motifs is 20. The summed E-state index contributed by atoms with van der Waals surface area (Å²) in [5, 5.41) is -0.542. The minimum Gasteiger partial charge on any atom is -0.459 e. The molecule has 0 atom stereocenters. The highest BCUT2D eigenvalue weighted by atomic mass is 16.5. The summed E-state index contributed by atoms with van der Waals surface area (Å²) in [6.07, 6.45) is 2.52. The first-order valence-electron chi connectivity index (χ1n) is 46.4. The fourth-order valence-electron chi connectivity index (χ4n) is 18.5. The number of piperidine rings is 1. The quantitative estimate of drug-likeness (QED) is 0.149. The van der Waals surface area contributed by atoms with Crippen molar-refractivity contribution in [1.82, 2.24) is 9.13 Å². The molecule has 7 nitrogen and oxygen atoms in total. The molecule has 0 radical (unpaired) electrons. The SMILES string of the molecule is [2H]c1c([2H])c([2H])c2c(c1[2H])Oc1c3c(cc4c1B2c1c([2H])c([2H])c([2H])c2c5c([2H])c([2H])c([2H])c([2H])c5n-4c12)N(c1c(-c2ccccc2)cccc1-c1ccccc1)c1cc(N2CCCCC2)cc2c1B3c1c(cc3c4c1Oc1c([2H])c([2H])c([2H])c([2H])c1B4c1c([2H])c([2H])c([2H])c4c5c([2H])c([2H])c([2H])c([2H])c5n-3c14)N2c1c(-c2ccccc2)cccc1-c1ccccc1. The first-order valence-corrected chi connectivity index (χ1v) is 35.4. The molecule has 1 fully saturated rings. The highest BCUT2D eigenvalue weighted by molar-refractivity contribution is 7.05. The molecule has 0 aliphatic carbocycles. The first-order chi connectivity index (χ1) is 61.3. The van der Waals surface area contributed by atoms with E-state index >= 15 is 0 Å². The van der Waals surface area contributed by atoms with Gasteiger partial charge in [-0.3, -0.25) is 0 Å². The van der Waals surface area contributed by atoms with Crippen LogP contribution >= 0.6 is 0 Å². The lowest BCUT2D eigenvalue weighted by atomic mass is 9.28. The van der Waals surface area contributed by atoms with Gasteiger partial charge < -0.3 is 33.3 Å². The van der Waals surface area contributed by atoms with Crippen molar-refractivity contribution in [2.24, 2.45) is 0 Å². The Morgan fingerprint density at radius 2 is 0.667 bits per heavy atom. The Kier molecular flexibility index (Phi) is 8.45. The Bertz CT molecular complexity index is 7450. The number of nitrogens with zero attached hydrogens (tertiary/aromatic N) is 5. The van der Waals surface area contributed by atoms with Crippen molar-refractivity contribution in [2.45, 2.75) is 19.3 Å². The van der Waals surface area contributed by atoms with Gasteiger partial charge in [0, 0.05) is 108 Å². The molecule has 7 aliphatic rings. The Balaban J connectivity index is 0.988. The Morgan fingerprint density at radius 3 is 1.10 bits per heavy atom. The summed E-state index contributed by atoms with van der Waals surface area (Å²) >= 11 is 0. The van der Waals surface area contributed by atoms with E-state index in [4.69, 9.17) is 9.47 Å². The number of rotatable bonds is 7. The molecule has 10 heteroatoms. The van der Waals surface area contributed by atoms with Crippen LogP contribution in [0, 0.1) is 0 Å². The fraction of sp³-hybridized carbons (Fsp3) is 0.0526. The third-order valence-corrected chi connectivity index (χ3v) is 22.6. The molecule has 0 saturated carbocycles. The number of ether oxygens (including phenoxy) is 2. The van der Waals surface area contributed by atoms with Gasteiger partial charge in [-0.1, -0.05) is 266 Å². The molecule has 0 N–H and O–H groups in total. The molecule has 0 unspecified atom stereocenters. The summed E-state index contributed by atoms with van der Waals surface area (Å²) in [4.78, 5) is 6.71. The van der Waals surface area contributed by atoms with E-state index in [2.05, 4.69) is 26.8 Å². The van der Waals surface area contributed by atoms with Crippen molar-refractivity contribution in [3.8, 4) is 78.9 Å². The molecule has 105 heavy (non-hydrogen) atoms. The van der Waals surface area contributed by atoms with Gasteiger partial charge in [0.15, 0.2) is 0 Å². The van der Waals surface area contributed by atoms with Crippen LogP contribution in [0.25, 0.3) is 99.5 Å². The normalized spacial score (nSPS) is 17.3. The summed E-state index contributed by atoms with van der Waals surface area (Å²) in [5.74, 6) is -0.959. The number of hydrogen-bond donors (Lipinski definition) is 0. The minimum absolute atomic E-state index is 0.00588. The maximum Gasteiger partial charge on any atom is 0.261 e. The summed E-state index contributed by atoms with van der Waals surface area (Å²) in [7, 11) is 0. The molecule has 0 spiro atoms. The van der Waals surface area contributed by atoms with Gasteiger partial charge in [-0.2, -0.15) is 0 Å². The molecule has 9 heterocycles. The monoisotopic (exact) mass is 1360 g/mol. The molecule has 24 rings (SSSR count). The fourth-order valence-corrected chi connectivity index (χ4v) is 18.5. The van der Waals surface area contributed by atoms with Crippen molar-refractivity contribution in [3.05, 3.63) is 315 Å². The summed E-state index contributed by atoms with van der Waals surface area (Å²) in [6.45, 7) is -3.40. The topological polar surface area (TPSA) is 38.0 Å². The van der Waals surface area contributed by atoms with E-state index in [0.29, 0.717) is 63.6 Å². The van der Waals surface area contributed by atoms with Crippen LogP contribution in [-0.2, 0) is 0 Å². The van der Waals surface area contributed by atoms with Crippen LogP contribution in [0.1, 0.15) is 49.4 Å². The minimum atomic E-state index is -1.57. The standard InChI is InChI=1S/C95H62B3N5O2/c1-6-28-58(29-7-1)63-38-24-39-64(59-30-8-2-9-31-59)90(63)102-77-54-62(99-52-22-5-23-53-99)55-78-85(77)98(88-81(102)56-79-86-94(88)104-83-50-20-16-44-71(83)96(86)73-46-26-42-69-67-36-14-18-48-75(67)100(79)92(69)73)89-82(103(78)91-65(60-32-10-3-11-33-60)40-25-41-66(91)61-34-12-4-13-35-61)57-80-87-95(89)105-84-51-21-17-45-72(84)97(87)74-47-27-43-70-68-37-15-19-49-76(68)101(80)93(70)74/h1-4,6-21,24-51,54-57H,5,22-23,52-53H2/i14D,15D,16D,17D,18D,19D,20D,21D,26D,27D,36D,37D,42D,43D,44D,45D,46D,47D,48D,49D,50D,51D. The van der Waals surface area contributed by atoms with Gasteiger partial charge >= 0.3 is 0 Å². The predicted molar refractivity (Wildman–Crippen MR) is 439 cm³/mol. The molecule has 2 aromatic heterocycles. The number of benzene rings is 15. The van der Waals surface area contributed by atoms with E-state index in [9.17, 15) is 30.2 Å². The summed E-state index contributed by atoms with van der Waals surface area (Å²) < 4.78 is 238. The van der Waals surface area contributed by atoms with Gasteiger partial charge in [0.1, 0.15) is 23.0 Å². The molecule has 0 bridgehead atoms. The zero-order valence-electron chi connectivity index (χ0n) is 77.6. The Labute approximate surface area is 639 Å². The molecule has 7 aliphatic heterocycles. The van der Waals surface area contributed by atoms with Crippen molar-refractivity contribution >= 4 is 153 Å². The van der Waals surface area contributed by atoms with Crippen LogP contribution in [0.15, 0.2) is 315 Å². The zero-order valence-corrected chi connectivity index (χ0v) is 55.6. The second-order valence-electron chi connectivity index (χ2n) is 27.8. The van der Waals surface area contributed by atoms with Crippen LogP contribution in [0.3, 0.4) is 0 Å². The van der Waals surface area contributed by atoms with Crippen LogP contribution in [0.2, 0.25) is 0 Å². The average molecular weight is 1360 g/mol. The molecule has 1 saturated heterocycles. The third-order valence-electron chi connectivity index (χ3n) is 22.6. The van der Waals surface area contributed by atoms with E-state index < -0.39 is 153 Å². The van der Waals surface area contributed by atoms with E-state index in [0.717, 1.165) is 47.2 Å². The van der Waals surface area contributed by atoms with Gasteiger partial charge in [-0.25, -0.2) is 0 Å². The van der Waals surface area contributed by atoms with Gasteiger partial charge in [-0.05, 0) is 139 Å². The molecule has 17 aromatic rings. The van der Waals surface area contributed by atoms with Crippen LogP contribution in [0.5, 0.6) is 23.0 Å². The molecule has 488 valence electrons. The van der Waals surface area contributed by atoms with Gasteiger partial charge in [0.2, 0.25) is 0 Å².